The first-order valence-electron chi connectivity index (χ1n) is 14.8. The summed E-state index contributed by atoms with van der Waals surface area (Å²) in [7, 11) is 2.01. The number of anilines is 1. The van der Waals surface area contributed by atoms with Gasteiger partial charge in [-0.3, -0.25) is 24.3 Å². The Balaban J connectivity index is 1.07. The number of ether oxygens (including phenoxy) is 1. The number of morpholine rings is 1. The zero-order valence-electron chi connectivity index (χ0n) is 23.7. The van der Waals surface area contributed by atoms with E-state index in [9.17, 15) is 4.79 Å². The number of benzene rings is 1. The monoisotopic (exact) mass is 551 g/mol. The number of ketones is 1. The van der Waals surface area contributed by atoms with Crippen molar-refractivity contribution >= 4 is 22.4 Å². The van der Waals surface area contributed by atoms with E-state index in [0.717, 1.165) is 98.5 Å². The number of hydrogen-bond donors (Lipinski definition) is 0. The van der Waals surface area contributed by atoms with Gasteiger partial charge in [0.05, 0.1) is 31.5 Å². The number of carbonyl (C=O) groups is 1. The van der Waals surface area contributed by atoms with Crippen molar-refractivity contribution in [3.8, 4) is 11.1 Å². The number of piperazine rings is 1. The second-order valence-electron chi connectivity index (χ2n) is 11.5. The molecule has 1 aromatic carbocycles. The molecule has 4 aromatic rings. The molecule has 3 aromatic heterocycles. The Morgan fingerprint density at radius 3 is 2.56 bits per heavy atom. The molecule has 212 valence electrons. The maximum Gasteiger partial charge on any atom is 0.169 e. The standard InChI is InChI=1S/C32H37N7O2/c1-36-30(22-37-12-14-41-15-13-37)29(21-35-36)23-2-3-25-20-34-27(17-26(25)16-23)19-31(40)24-6-7-33-32(18-24)39-10-8-38(9-11-39)28-4-5-28/h2-3,6-7,16-18,20-21,28H,4-5,8-15,19,22H2,1H3. The fraction of sp³-hybridized carbons (Fsp3) is 0.438. The molecule has 0 spiro atoms. The van der Waals surface area contributed by atoms with Crippen molar-refractivity contribution in [1.29, 1.82) is 0 Å². The van der Waals surface area contributed by atoms with E-state index in [2.05, 4.69) is 48.0 Å². The van der Waals surface area contributed by atoms with Crippen LogP contribution in [0.15, 0.2) is 55.0 Å². The number of Topliss-reactive ketones (excluding diaryl/α,β-unsaturated/α-hetero) is 1. The summed E-state index contributed by atoms with van der Waals surface area (Å²) in [5.74, 6) is 0.958. The lowest BCUT2D eigenvalue weighted by Gasteiger charge is -2.35. The van der Waals surface area contributed by atoms with Gasteiger partial charge >= 0.3 is 0 Å². The maximum atomic E-state index is 13.3. The minimum absolute atomic E-state index is 0.0633. The van der Waals surface area contributed by atoms with Crippen LogP contribution in [0.25, 0.3) is 21.9 Å². The van der Waals surface area contributed by atoms with Crippen molar-refractivity contribution in [2.75, 3.05) is 57.4 Å². The highest BCUT2D eigenvalue weighted by Crippen LogP contribution is 2.30. The number of hydrogen-bond acceptors (Lipinski definition) is 8. The van der Waals surface area contributed by atoms with E-state index < -0.39 is 0 Å². The molecule has 9 nitrogen and oxygen atoms in total. The van der Waals surface area contributed by atoms with Crippen LogP contribution in [0.5, 0.6) is 0 Å². The molecule has 41 heavy (non-hydrogen) atoms. The van der Waals surface area contributed by atoms with Crippen molar-refractivity contribution < 1.29 is 9.53 Å². The first-order valence-corrected chi connectivity index (χ1v) is 14.8. The number of fused-ring (bicyclic) bond motifs is 1. The van der Waals surface area contributed by atoms with Crippen LogP contribution < -0.4 is 4.90 Å². The van der Waals surface area contributed by atoms with Crippen LogP contribution in [-0.2, 0) is 24.8 Å². The molecule has 3 aliphatic rings. The Morgan fingerprint density at radius 2 is 1.76 bits per heavy atom. The molecule has 0 radical (unpaired) electrons. The third-order valence-corrected chi connectivity index (χ3v) is 8.74. The van der Waals surface area contributed by atoms with Gasteiger partial charge in [-0.25, -0.2) is 4.98 Å². The predicted octanol–water partition coefficient (Wildman–Crippen LogP) is 3.57. The van der Waals surface area contributed by atoms with Crippen molar-refractivity contribution in [1.82, 2.24) is 29.5 Å². The lowest BCUT2D eigenvalue weighted by Crippen LogP contribution is -2.47. The molecule has 0 unspecified atom stereocenters. The molecule has 0 N–H and O–H groups in total. The Morgan fingerprint density at radius 1 is 0.927 bits per heavy atom. The molecular weight excluding hydrogens is 514 g/mol. The molecule has 9 heteroatoms. The predicted molar refractivity (Wildman–Crippen MR) is 159 cm³/mol. The molecule has 0 amide bonds. The topological polar surface area (TPSA) is 79.6 Å². The fourth-order valence-corrected chi connectivity index (χ4v) is 6.10. The molecule has 2 aliphatic heterocycles. The second kappa shape index (κ2) is 11.3. The summed E-state index contributed by atoms with van der Waals surface area (Å²) >= 11 is 0. The van der Waals surface area contributed by atoms with Crippen molar-refractivity contribution in [2.24, 2.45) is 7.05 Å². The zero-order valence-corrected chi connectivity index (χ0v) is 23.7. The minimum Gasteiger partial charge on any atom is -0.379 e. The van der Waals surface area contributed by atoms with E-state index in [4.69, 9.17) is 4.74 Å². The van der Waals surface area contributed by atoms with Crippen LogP contribution in [-0.4, -0.2) is 93.9 Å². The number of aromatic nitrogens is 4. The number of nitrogens with zero attached hydrogens (tertiary/aromatic N) is 7. The maximum absolute atomic E-state index is 13.3. The van der Waals surface area contributed by atoms with Gasteiger partial charge in [-0.1, -0.05) is 12.1 Å². The van der Waals surface area contributed by atoms with Crippen LogP contribution in [0.2, 0.25) is 0 Å². The van der Waals surface area contributed by atoms with E-state index in [1.807, 2.05) is 42.3 Å². The third kappa shape index (κ3) is 5.75. The highest BCUT2D eigenvalue weighted by atomic mass is 16.5. The van der Waals surface area contributed by atoms with Gasteiger partial charge in [0, 0.05) is 93.5 Å². The summed E-state index contributed by atoms with van der Waals surface area (Å²) in [6, 6.07) is 13.1. The van der Waals surface area contributed by atoms with E-state index in [1.54, 1.807) is 6.20 Å². The molecule has 1 saturated carbocycles. The number of carbonyl (C=O) groups excluding carboxylic acids is 1. The van der Waals surface area contributed by atoms with Gasteiger partial charge in [-0.05, 0) is 48.1 Å². The van der Waals surface area contributed by atoms with E-state index in [0.29, 0.717) is 5.56 Å². The van der Waals surface area contributed by atoms with Gasteiger partial charge in [-0.2, -0.15) is 5.10 Å². The highest BCUT2D eigenvalue weighted by Gasteiger charge is 2.31. The number of rotatable bonds is 8. The van der Waals surface area contributed by atoms with Gasteiger partial charge in [0.2, 0.25) is 0 Å². The van der Waals surface area contributed by atoms with Gasteiger partial charge in [0.15, 0.2) is 5.78 Å². The quantitative estimate of drug-likeness (QED) is 0.308. The lowest BCUT2D eigenvalue weighted by molar-refractivity contribution is 0.0332. The Labute approximate surface area is 240 Å². The van der Waals surface area contributed by atoms with Gasteiger partial charge in [0.25, 0.3) is 0 Å². The molecule has 0 bridgehead atoms. The van der Waals surface area contributed by atoms with Crippen LogP contribution in [0.1, 0.15) is 34.6 Å². The summed E-state index contributed by atoms with van der Waals surface area (Å²) < 4.78 is 7.50. The zero-order chi connectivity index (χ0) is 27.8. The van der Waals surface area contributed by atoms with Crippen LogP contribution in [0, 0.1) is 0 Å². The highest BCUT2D eigenvalue weighted by molar-refractivity contribution is 5.98. The van der Waals surface area contributed by atoms with Crippen LogP contribution in [0.4, 0.5) is 5.82 Å². The fourth-order valence-electron chi connectivity index (χ4n) is 6.10. The molecule has 1 aliphatic carbocycles. The number of pyridine rings is 2. The summed E-state index contributed by atoms with van der Waals surface area (Å²) in [5.41, 5.74) is 4.92. The first kappa shape index (κ1) is 26.3. The Hall–Kier alpha value is -3.66. The van der Waals surface area contributed by atoms with Gasteiger partial charge in [0.1, 0.15) is 5.82 Å². The average Bonchev–Trinajstić information content (AvgIpc) is 3.81. The smallest absolute Gasteiger partial charge is 0.169 e. The normalized spacial score (nSPS) is 18.7. The summed E-state index contributed by atoms with van der Waals surface area (Å²) in [6.45, 7) is 8.31. The van der Waals surface area contributed by atoms with Crippen molar-refractivity contribution in [3.05, 3.63) is 71.9 Å². The van der Waals surface area contributed by atoms with E-state index in [1.165, 1.54) is 18.5 Å². The molecule has 0 atom stereocenters. The average molecular weight is 552 g/mol. The first-order chi connectivity index (χ1) is 20.1. The minimum atomic E-state index is 0.0633. The summed E-state index contributed by atoms with van der Waals surface area (Å²) in [5, 5.41) is 6.70. The van der Waals surface area contributed by atoms with Crippen LogP contribution >= 0.6 is 0 Å². The lowest BCUT2D eigenvalue weighted by atomic mass is 10.0. The largest absolute Gasteiger partial charge is 0.379 e. The third-order valence-electron chi connectivity index (χ3n) is 8.74. The van der Waals surface area contributed by atoms with Crippen LogP contribution in [0.3, 0.4) is 0 Å². The van der Waals surface area contributed by atoms with Gasteiger partial charge < -0.3 is 9.64 Å². The SMILES string of the molecule is Cn1ncc(-c2ccc3cnc(CC(=O)c4ccnc(N5CCN(C6CC6)CC5)c4)cc3c2)c1CN1CCOCC1. The van der Waals surface area contributed by atoms with Crippen molar-refractivity contribution in [2.45, 2.75) is 31.8 Å². The number of aryl methyl sites for hydroxylation is 1. The van der Waals surface area contributed by atoms with Gasteiger partial charge in [-0.15, -0.1) is 0 Å². The van der Waals surface area contributed by atoms with Crippen molar-refractivity contribution in [3.63, 3.8) is 0 Å². The second-order valence-corrected chi connectivity index (χ2v) is 11.5. The Kier molecular flexibility index (Phi) is 7.24. The molecular formula is C32H37N7O2. The molecule has 2 saturated heterocycles. The van der Waals surface area contributed by atoms with E-state index in [-0.39, 0.29) is 12.2 Å². The summed E-state index contributed by atoms with van der Waals surface area (Å²) in [4.78, 5) is 29.9. The Bertz CT molecular complexity index is 1550. The molecule has 3 fully saturated rings. The summed E-state index contributed by atoms with van der Waals surface area (Å²) in [6.07, 6.45) is 8.52. The van der Waals surface area contributed by atoms with E-state index >= 15 is 0 Å². The molecule has 5 heterocycles. The molecule has 7 rings (SSSR count).